The zero-order valence-corrected chi connectivity index (χ0v) is 19.4. The Labute approximate surface area is 195 Å². The van der Waals surface area contributed by atoms with Crippen molar-refractivity contribution in [2.45, 2.75) is 25.6 Å². The van der Waals surface area contributed by atoms with Crippen LogP contribution in [0.3, 0.4) is 0 Å². The minimum absolute atomic E-state index is 0.154. The number of hydrogen-bond donors (Lipinski definition) is 1. The molecule has 6 nitrogen and oxygen atoms in total. The number of rotatable bonds is 8. The predicted molar refractivity (Wildman–Crippen MR) is 127 cm³/mol. The molecular weight excluding hydrogens is 418 g/mol. The molecule has 3 aromatic carbocycles. The Bertz CT molecular complexity index is 1070. The summed E-state index contributed by atoms with van der Waals surface area (Å²) in [6.45, 7) is 4.68. The van der Waals surface area contributed by atoms with Crippen LogP contribution in [0.15, 0.2) is 66.7 Å². The smallest absolute Gasteiger partial charge is 0.123 e. The van der Waals surface area contributed by atoms with E-state index < -0.39 is 5.60 Å². The number of methoxy groups -OCH3 is 2. The Hall–Kier alpha value is -3.22. The molecule has 0 aliphatic carbocycles. The highest BCUT2D eigenvalue weighted by Crippen LogP contribution is 2.32. The van der Waals surface area contributed by atoms with Crippen LogP contribution in [0.1, 0.15) is 23.6 Å². The third-order valence-corrected chi connectivity index (χ3v) is 5.89. The molecule has 0 radical (unpaired) electrons. The molecule has 0 unspecified atom stereocenters. The molecule has 1 heterocycles. The summed E-state index contributed by atoms with van der Waals surface area (Å²) in [7, 11) is 3.34. The van der Waals surface area contributed by atoms with Gasteiger partial charge in [0.1, 0.15) is 41.8 Å². The number of fused-ring (bicyclic) bond motifs is 1. The fraction of sp³-hybridized carbons (Fsp3) is 0.333. The first kappa shape index (κ1) is 23.0. The van der Waals surface area contributed by atoms with Crippen LogP contribution in [-0.4, -0.2) is 44.0 Å². The van der Waals surface area contributed by atoms with Crippen molar-refractivity contribution in [2.75, 3.05) is 34.0 Å². The van der Waals surface area contributed by atoms with Crippen molar-refractivity contribution < 1.29 is 24.1 Å². The number of nitrogens with zero attached hydrogens (tertiary/aromatic N) is 1. The molecular formula is C27H31NO5. The molecule has 174 valence electrons. The maximum atomic E-state index is 11.1. The van der Waals surface area contributed by atoms with Crippen LogP contribution in [0.4, 0.5) is 0 Å². The van der Waals surface area contributed by atoms with Gasteiger partial charge in [0.25, 0.3) is 0 Å². The van der Waals surface area contributed by atoms with Crippen LogP contribution >= 0.6 is 0 Å². The van der Waals surface area contributed by atoms with Crippen molar-refractivity contribution in [3.8, 4) is 23.0 Å². The predicted octanol–water partition coefficient (Wildman–Crippen LogP) is 4.38. The minimum atomic E-state index is -1.14. The fourth-order valence-electron chi connectivity index (χ4n) is 3.99. The third kappa shape index (κ3) is 5.59. The molecule has 1 aliphatic rings. The molecule has 0 spiro atoms. The largest absolute Gasteiger partial charge is 0.497 e. The summed E-state index contributed by atoms with van der Waals surface area (Å²) < 4.78 is 22.8. The monoisotopic (exact) mass is 449 g/mol. The first-order chi connectivity index (χ1) is 16.0. The quantitative estimate of drug-likeness (QED) is 0.551. The van der Waals surface area contributed by atoms with Crippen LogP contribution in [0.5, 0.6) is 23.0 Å². The van der Waals surface area contributed by atoms with E-state index in [0.29, 0.717) is 19.7 Å². The zero-order valence-electron chi connectivity index (χ0n) is 19.4. The second kappa shape index (κ2) is 10.1. The Morgan fingerprint density at radius 3 is 2.55 bits per heavy atom. The first-order valence-electron chi connectivity index (χ1n) is 11.1. The van der Waals surface area contributed by atoms with Gasteiger partial charge in [-0.2, -0.15) is 0 Å². The third-order valence-electron chi connectivity index (χ3n) is 5.89. The van der Waals surface area contributed by atoms with Gasteiger partial charge >= 0.3 is 0 Å². The summed E-state index contributed by atoms with van der Waals surface area (Å²) in [6, 6.07) is 21.2. The molecule has 0 bridgehead atoms. The maximum absolute atomic E-state index is 11.1. The van der Waals surface area contributed by atoms with Gasteiger partial charge < -0.3 is 24.1 Å². The molecule has 0 saturated heterocycles. The minimum Gasteiger partial charge on any atom is -0.497 e. The Morgan fingerprint density at radius 2 is 1.79 bits per heavy atom. The maximum Gasteiger partial charge on any atom is 0.123 e. The summed E-state index contributed by atoms with van der Waals surface area (Å²) in [6.07, 6.45) is 0. The molecule has 1 aliphatic heterocycles. The van der Waals surface area contributed by atoms with Gasteiger partial charge in [0.2, 0.25) is 0 Å². The molecule has 0 aromatic heterocycles. The summed E-state index contributed by atoms with van der Waals surface area (Å²) in [5, 5.41) is 11.1. The number of ether oxygens (including phenoxy) is 4. The highest BCUT2D eigenvalue weighted by molar-refractivity contribution is 5.42. The van der Waals surface area contributed by atoms with Crippen molar-refractivity contribution in [3.05, 3.63) is 83.4 Å². The van der Waals surface area contributed by atoms with E-state index in [9.17, 15) is 5.11 Å². The number of para-hydroxylation sites is 1. The SMILES string of the molecule is COc1ccc(OC)c(CN2CCOc3ccc([C@@](C)(O)COc4ccccc4)cc3C2)c1. The Morgan fingerprint density at radius 1 is 0.970 bits per heavy atom. The molecule has 4 rings (SSSR count). The fourth-order valence-corrected chi connectivity index (χ4v) is 3.99. The van der Waals surface area contributed by atoms with Crippen molar-refractivity contribution in [2.24, 2.45) is 0 Å². The molecule has 0 amide bonds. The number of benzene rings is 3. The molecule has 1 atom stereocenters. The van der Waals surface area contributed by atoms with Gasteiger partial charge in [0, 0.05) is 30.8 Å². The van der Waals surface area contributed by atoms with Crippen molar-refractivity contribution in [1.29, 1.82) is 0 Å². The molecule has 33 heavy (non-hydrogen) atoms. The lowest BCUT2D eigenvalue weighted by molar-refractivity contribution is 0.00748. The van der Waals surface area contributed by atoms with Crippen LogP contribution in [0.2, 0.25) is 0 Å². The average Bonchev–Trinajstić information content (AvgIpc) is 3.04. The zero-order chi connectivity index (χ0) is 23.3. The van der Waals surface area contributed by atoms with E-state index >= 15 is 0 Å². The summed E-state index contributed by atoms with van der Waals surface area (Å²) >= 11 is 0. The van der Waals surface area contributed by atoms with E-state index in [2.05, 4.69) is 4.90 Å². The van der Waals surface area contributed by atoms with Crippen LogP contribution in [0, 0.1) is 0 Å². The van der Waals surface area contributed by atoms with E-state index in [1.54, 1.807) is 21.1 Å². The van der Waals surface area contributed by atoms with E-state index in [0.717, 1.165) is 46.2 Å². The second-order valence-electron chi connectivity index (χ2n) is 8.43. The molecule has 0 fully saturated rings. The highest BCUT2D eigenvalue weighted by Gasteiger charge is 2.27. The summed E-state index contributed by atoms with van der Waals surface area (Å²) in [5.74, 6) is 3.21. The van der Waals surface area contributed by atoms with Gasteiger partial charge in [-0.15, -0.1) is 0 Å². The molecule has 1 N–H and O–H groups in total. The van der Waals surface area contributed by atoms with Gasteiger partial charge in [0.05, 0.1) is 14.2 Å². The first-order valence-corrected chi connectivity index (χ1v) is 11.1. The van der Waals surface area contributed by atoms with Gasteiger partial charge in [-0.3, -0.25) is 4.90 Å². The lowest BCUT2D eigenvalue weighted by atomic mass is 9.94. The van der Waals surface area contributed by atoms with Crippen molar-refractivity contribution in [3.63, 3.8) is 0 Å². The highest BCUT2D eigenvalue weighted by atomic mass is 16.5. The van der Waals surface area contributed by atoms with Crippen LogP contribution in [0.25, 0.3) is 0 Å². The van der Waals surface area contributed by atoms with Gasteiger partial charge in [-0.05, 0) is 55.0 Å². The van der Waals surface area contributed by atoms with E-state index in [1.165, 1.54) is 0 Å². The number of aliphatic hydroxyl groups is 1. The second-order valence-corrected chi connectivity index (χ2v) is 8.43. The van der Waals surface area contributed by atoms with E-state index in [4.69, 9.17) is 18.9 Å². The van der Waals surface area contributed by atoms with Gasteiger partial charge in [-0.1, -0.05) is 24.3 Å². The topological polar surface area (TPSA) is 60.4 Å². The van der Waals surface area contributed by atoms with Crippen molar-refractivity contribution >= 4 is 0 Å². The summed E-state index contributed by atoms with van der Waals surface area (Å²) in [5.41, 5.74) is 1.74. The Kier molecular flexibility index (Phi) is 7.06. The summed E-state index contributed by atoms with van der Waals surface area (Å²) in [4.78, 5) is 2.31. The average molecular weight is 450 g/mol. The lowest BCUT2D eigenvalue weighted by Gasteiger charge is -2.26. The molecule has 6 heteroatoms. The van der Waals surface area contributed by atoms with E-state index in [1.807, 2.05) is 66.7 Å². The van der Waals surface area contributed by atoms with Crippen LogP contribution in [-0.2, 0) is 18.7 Å². The normalized spacial score (nSPS) is 15.5. The Balaban J connectivity index is 1.51. The molecule has 3 aromatic rings. The lowest BCUT2D eigenvalue weighted by Crippen LogP contribution is -2.30. The van der Waals surface area contributed by atoms with E-state index in [-0.39, 0.29) is 6.61 Å². The molecule has 0 saturated carbocycles. The van der Waals surface area contributed by atoms with Crippen molar-refractivity contribution in [1.82, 2.24) is 4.90 Å². The standard InChI is InChI=1S/C27H31NO5/c1-27(29,19-33-23-7-5-4-6-8-23)22-9-11-26-20(15-22)17-28(13-14-32-26)18-21-16-24(30-2)10-12-25(21)31-3/h4-12,15-16,29H,13-14,17-19H2,1-3H3/t27-/m0/s1. The number of hydrogen-bond acceptors (Lipinski definition) is 6. The van der Waals surface area contributed by atoms with Crippen LogP contribution < -0.4 is 18.9 Å². The van der Waals surface area contributed by atoms with Gasteiger partial charge in [-0.25, -0.2) is 0 Å². The van der Waals surface area contributed by atoms with Gasteiger partial charge in [0.15, 0.2) is 0 Å².